The molecule has 5 aromatic rings. The van der Waals surface area contributed by atoms with Gasteiger partial charge in [0.2, 0.25) is 76.7 Å². The van der Waals surface area contributed by atoms with Crippen molar-refractivity contribution in [2.45, 2.75) is 240 Å². The highest BCUT2D eigenvalue weighted by molar-refractivity contribution is 5.99. The quantitative estimate of drug-likeness (QED) is 0.0139. The Labute approximate surface area is 757 Å². The van der Waals surface area contributed by atoms with Crippen LogP contribution in [0.25, 0.3) is 10.9 Å². The van der Waals surface area contributed by atoms with Gasteiger partial charge in [0.05, 0.1) is 20.1 Å². The number of likely N-dealkylation sites (tertiary alicyclic amines) is 1. The summed E-state index contributed by atoms with van der Waals surface area (Å²) in [6.45, 7) is 4.15. The number of aliphatic hydroxyl groups is 15. The van der Waals surface area contributed by atoms with Crippen LogP contribution < -0.4 is 0 Å². The van der Waals surface area contributed by atoms with Crippen LogP contribution in [0.4, 0.5) is 0 Å². The number of carboxylic acids is 1. The highest BCUT2D eigenvalue weighted by atomic mass is 16.5. The van der Waals surface area contributed by atoms with Crippen LogP contribution in [0.3, 0.4) is 0 Å². The van der Waals surface area contributed by atoms with E-state index in [0.717, 1.165) is 18.9 Å². The molecule has 4 aromatic carbocycles. The van der Waals surface area contributed by atoms with Crippen LogP contribution in [-0.2, 0) is 59.1 Å². The lowest BCUT2D eigenvalue weighted by Gasteiger charge is -2.27. The molecule has 5 heterocycles. The molecule has 0 aliphatic carbocycles. The minimum Gasteiger partial charge on any atom is -0.508 e. The Hall–Kier alpha value is -14.3. The Bertz CT molecular complexity index is 5250. The summed E-state index contributed by atoms with van der Waals surface area (Å²) in [4.78, 5) is 133. The number of aliphatic imine (C=N–C) groups is 13. The number of carbonyl (C=O) groups excluding carboxylic acids is 4. The van der Waals surface area contributed by atoms with Crippen molar-refractivity contribution < 1.29 is 130 Å². The normalized spacial score (nSPS) is 24.3. The first-order valence-electron chi connectivity index (χ1n) is 43.1. The number of aromatic hydroxyl groups is 3. The maximum Gasteiger partial charge on any atom is 0.328 e. The number of H-pyrrole nitrogens is 1. The number of aliphatic hydroxyl groups excluding tert-OH is 15. The second-order valence-electron chi connectivity index (χ2n) is 32.7. The van der Waals surface area contributed by atoms with Gasteiger partial charge in [-0.2, -0.15) is 0 Å². The monoisotopic (exact) mass is 1840 g/mol. The van der Waals surface area contributed by atoms with Crippen molar-refractivity contribution in [1.82, 2.24) is 14.8 Å². The van der Waals surface area contributed by atoms with E-state index in [-0.39, 0.29) is 108 Å². The van der Waals surface area contributed by atoms with E-state index in [0.29, 0.717) is 33.2 Å². The molecule has 9 rings (SSSR count). The number of aliphatic carboxylic acids is 1. The van der Waals surface area contributed by atoms with Gasteiger partial charge in [0.25, 0.3) is 0 Å². The molecule has 0 saturated carbocycles. The van der Waals surface area contributed by atoms with Crippen molar-refractivity contribution in [3.63, 3.8) is 0 Å². The topological polar surface area (TPSA) is 695 Å². The van der Waals surface area contributed by atoms with Gasteiger partial charge in [0.15, 0.2) is 35.8 Å². The van der Waals surface area contributed by atoms with Gasteiger partial charge in [-0.25, -0.2) is 64.7 Å². The molecular weight excluding hydrogens is 1720 g/mol. The third-order valence-electron chi connectivity index (χ3n) is 22.2. The van der Waals surface area contributed by atoms with Crippen LogP contribution >= 0.6 is 0 Å². The number of aromatic amines is 1. The number of hydrogen-bond donors (Lipinski definition) is 21. The highest BCUT2D eigenvalue weighted by Gasteiger charge is 2.42. The number of para-hydroxylation sites is 1. The Morgan fingerprint density at radius 2 is 1.16 bits per heavy atom. The summed E-state index contributed by atoms with van der Waals surface area (Å²) in [6.07, 6.45) is -6.60. The first kappa shape index (κ1) is 101. The van der Waals surface area contributed by atoms with E-state index >= 15 is 9.59 Å². The Morgan fingerprint density at radius 3 is 1.80 bits per heavy atom. The largest absolute Gasteiger partial charge is 0.508 e. The molecular formula is C89H115N17O26. The number of amides is 2. The van der Waals surface area contributed by atoms with E-state index in [4.69, 9.17) is 14.9 Å². The molecule has 4 aliphatic heterocycles. The summed E-state index contributed by atoms with van der Waals surface area (Å²) >= 11 is 0. The van der Waals surface area contributed by atoms with Gasteiger partial charge in [0, 0.05) is 88.6 Å². The average molecular weight is 1840 g/mol. The fourth-order valence-corrected chi connectivity index (χ4v) is 15.2. The summed E-state index contributed by atoms with van der Waals surface area (Å²) in [5.41, 5.74) is 2.08. The fourth-order valence-electron chi connectivity index (χ4n) is 15.2. The standard InChI is InChI=1S/C89H115N17O26/c1-46(2)38-62-80(120)94-58-14-8-9-35-91-72(113)33-30-60(78(118)102-67(89(129)130)41-51-21-27-55(111)28-22-51)95-77(117)61(31-34-73(114)131-5)96-81(121)63(42-52-44-92-57-13-7-6-12-56(52)57)98-82(122)64(99-83(123)68(45-107)103-85(125)70-16-11-37-106(70)88(128)66(101-76(58)116)40-50-19-25-54(110)26-20-50)43-74(115)132-47(3)75(86(126)100-62)104-79(119)59(29-32-71(90)112)97-84(124)69-15-10-36-105(69)87(127)65(93-48(4)108)39-49-17-23-53(109)24-18-49/h6-7,12-13,17-28,44,46-47,58-70,75,92,107,109-111H,8-11,14-16,29-43,45H2,1-5H3,(H2,90,112)(H,91,113)(H,93,108)(H,94,120)(H,95,117)(H,96,121)(H,97,124)(H,98,122)(H,99,123)(H,100,126)(H,101,116)(H,102,118)(H,103,125)(H,104,119)(H,129,130). The van der Waals surface area contributed by atoms with Crippen LogP contribution in [0.15, 0.2) is 168 Å². The number of nitrogens with zero attached hydrogens (tertiary/aromatic N) is 15. The maximum absolute atomic E-state index is 15.4. The van der Waals surface area contributed by atoms with Gasteiger partial charge in [0.1, 0.15) is 89.8 Å². The summed E-state index contributed by atoms with van der Waals surface area (Å²) in [5.74, 6) is -20.1. The van der Waals surface area contributed by atoms with Crippen LogP contribution in [0.1, 0.15) is 146 Å². The van der Waals surface area contributed by atoms with Crippen molar-refractivity contribution in [2.75, 3.05) is 33.4 Å². The fraction of sp³-hybridized carbons (Fsp3) is 0.494. The number of phenolic OH excluding ortho intramolecular Hbond substituents is 3. The lowest BCUT2D eigenvalue weighted by molar-refractivity contribution is -0.148. The third-order valence-corrected chi connectivity index (χ3v) is 22.2. The number of rotatable bonds is 26. The molecule has 43 heteroatoms. The van der Waals surface area contributed by atoms with Gasteiger partial charge in [-0.1, -0.05) is 68.4 Å². The summed E-state index contributed by atoms with van der Waals surface area (Å²) < 4.78 is 10.9. The molecule has 0 spiro atoms. The number of phenols is 3. The number of benzene rings is 4. The Kier molecular flexibility index (Phi) is 37.2. The van der Waals surface area contributed by atoms with E-state index < -0.39 is 267 Å². The smallest absolute Gasteiger partial charge is 0.328 e. The maximum atomic E-state index is 15.4. The predicted octanol–water partition coefficient (Wildman–Crippen LogP) is 9.11. The zero-order valence-electron chi connectivity index (χ0n) is 73.4. The summed E-state index contributed by atoms with van der Waals surface area (Å²) in [6, 6.07) is -1.36. The van der Waals surface area contributed by atoms with Gasteiger partial charge in [-0.3, -0.25) is 29.6 Å². The predicted molar refractivity (Wildman–Crippen MR) is 492 cm³/mol. The molecule has 15 atom stereocenters. The molecule has 2 bridgehead atoms. The summed E-state index contributed by atoms with van der Waals surface area (Å²) in [7, 11) is 1.04. The van der Waals surface area contributed by atoms with E-state index in [2.05, 4.69) is 69.9 Å². The van der Waals surface area contributed by atoms with Crippen LogP contribution in [0, 0.1) is 11.3 Å². The molecule has 2 fully saturated rings. The minimum atomic E-state index is -2.31. The van der Waals surface area contributed by atoms with Gasteiger partial charge < -0.3 is 121 Å². The molecule has 1 aromatic heterocycles. The van der Waals surface area contributed by atoms with Crippen LogP contribution in [0.2, 0.25) is 0 Å². The molecule has 4 aliphatic rings. The molecule has 2 saturated heterocycles. The lowest BCUT2D eigenvalue weighted by atomic mass is 10.0. The number of esters is 2. The van der Waals surface area contributed by atoms with Crippen LogP contribution in [0.5, 0.6) is 17.2 Å². The molecule has 132 heavy (non-hydrogen) atoms. The molecule has 21 N–H and O–H groups in total. The van der Waals surface area contributed by atoms with E-state index in [1.807, 2.05) is 0 Å². The zero-order chi connectivity index (χ0) is 96.2. The van der Waals surface area contributed by atoms with Crippen molar-refractivity contribution >= 4 is 123 Å². The van der Waals surface area contributed by atoms with Gasteiger partial charge in [-0.15, -0.1) is 0 Å². The minimum absolute atomic E-state index is 0.00155. The number of ether oxygens (including phenoxy) is 2. The van der Waals surface area contributed by atoms with Crippen molar-refractivity contribution in [3.05, 3.63) is 126 Å². The molecule has 2 amide bonds. The van der Waals surface area contributed by atoms with E-state index in [1.165, 1.54) is 90.8 Å². The third kappa shape index (κ3) is 29.6. The molecule has 43 nitrogen and oxygen atoms in total. The Balaban J connectivity index is 1.29. The Morgan fingerprint density at radius 1 is 0.583 bits per heavy atom. The number of nitrogens with one attached hydrogen (secondary N) is 2. The number of aromatic nitrogens is 1. The van der Waals surface area contributed by atoms with E-state index in [9.17, 15) is 111 Å². The second-order valence-corrected chi connectivity index (χ2v) is 32.7. The molecule has 15 unspecified atom stereocenters. The highest BCUT2D eigenvalue weighted by Crippen LogP contribution is 2.30. The molecule has 0 radical (unpaired) electrons. The average Bonchev–Trinajstić information content (AvgIpc) is 1.61. The number of carbonyl (C=O) groups is 5. The summed E-state index contributed by atoms with van der Waals surface area (Å²) in [5, 5.41) is 230. The van der Waals surface area contributed by atoms with Crippen molar-refractivity contribution in [2.24, 2.45) is 70.8 Å². The second kappa shape index (κ2) is 48.4. The zero-order valence-corrected chi connectivity index (χ0v) is 73.4. The van der Waals surface area contributed by atoms with Crippen molar-refractivity contribution in [1.29, 1.82) is 5.41 Å². The van der Waals surface area contributed by atoms with E-state index in [1.54, 1.807) is 38.1 Å². The SMILES string of the molecule is COC(=O)CCC1N=C(O)C(Cc2c[nH]c3ccccc23)N=C(O)C2CC(=O)OC(C)C(N=C(O)C(CCC(=N)O)N=C(O)C3CCCN3C(=O)C(Cc3ccc(O)cc3)N=C(C)O)C(O)=NC(CC(C)C)C(O)=NC(CCCCN=C(O)CCC(C(O)=NC(Cc3ccc(O)cc3)C(=O)O)N=C1O)C(O)=NC(Cc1ccc(O)cc1)C(=O)N1CCCC1C(O)=NC(CO)C(O)=N2. The lowest BCUT2D eigenvalue weighted by Crippen LogP contribution is -2.46. The molecule has 712 valence electrons. The number of methoxy groups -OCH3 is 1. The number of carboxylic acid groups (broad SMARTS) is 1. The number of fused-ring (bicyclic) bond motifs is 11. The van der Waals surface area contributed by atoms with Gasteiger partial charge >= 0.3 is 17.9 Å². The van der Waals surface area contributed by atoms with Crippen LogP contribution in [-0.4, -0.2) is 348 Å². The first-order chi connectivity index (χ1) is 62.8. The number of hydrogen-bond acceptors (Lipinski definition) is 25. The first-order valence-corrected chi connectivity index (χ1v) is 43.1. The van der Waals surface area contributed by atoms with Crippen molar-refractivity contribution in [3.8, 4) is 17.2 Å². The van der Waals surface area contributed by atoms with Gasteiger partial charge in [-0.05, 0) is 148 Å².